The van der Waals surface area contributed by atoms with Crippen molar-refractivity contribution in [3.63, 3.8) is 0 Å². The second-order valence-corrected chi connectivity index (χ2v) is 6.77. The Kier molecular flexibility index (Phi) is 4.55. The molecule has 0 aromatic heterocycles. The van der Waals surface area contributed by atoms with Crippen molar-refractivity contribution >= 4 is 33.1 Å². The number of rotatable bonds is 4. The topological polar surface area (TPSA) is 101 Å². The van der Waals surface area contributed by atoms with E-state index in [-0.39, 0.29) is 21.4 Å². The molecule has 1 amide bonds. The molecule has 1 aromatic carbocycles. The third kappa shape index (κ3) is 3.55. The molecule has 0 aliphatic carbocycles. The van der Waals surface area contributed by atoms with Crippen LogP contribution in [0.1, 0.15) is 18.4 Å². The van der Waals surface area contributed by atoms with Crippen LogP contribution < -0.4 is 15.8 Å². The number of hydrogen-bond acceptors (Lipinski definition) is 4. The van der Waals surface area contributed by atoms with Gasteiger partial charge >= 0.3 is 0 Å². The van der Waals surface area contributed by atoms with Crippen LogP contribution in [-0.4, -0.2) is 31.9 Å². The van der Waals surface area contributed by atoms with Crippen molar-refractivity contribution in [1.82, 2.24) is 10.0 Å². The van der Waals surface area contributed by atoms with Crippen molar-refractivity contribution in [3.05, 3.63) is 29.6 Å². The second kappa shape index (κ2) is 6.04. The Labute approximate surface area is 127 Å². The smallest absolute Gasteiger partial charge is 0.241 e. The van der Waals surface area contributed by atoms with Gasteiger partial charge in [0.05, 0.1) is 4.90 Å². The number of benzene rings is 1. The number of carbonyl (C=O) groups excluding carboxylic acids is 1. The van der Waals surface area contributed by atoms with Gasteiger partial charge in [0.2, 0.25) is 15.9 Å². The van der Waals surface area contributed by atoms with Gasteiger partial charge in [-0.15, -0.1) is 0 Å². The monoisotopic (exact) mass is 331 g/mol. The lowest BCUT2D eigenvalue weighted by molar-refractivity contribution is -0.124. The number of carbonyl (C=O) groups is 1. The molecule has 21 heavy (non-hydrogen) atoms. The molecular formula is C12H14FN3O3S2. The van der Waals surface area contributed by atoms with Crippen molar-refractivity contribution in [3.8, 4) is 0 Å². The van der Waals surface area contributed by atoms with Gasteiger partial charge in [-0.25, -0.2) is 12.8 Å². The van der Waals surface area contributed by atoms with Crippen LogP contribution in [0.15, 0.2) is 23.1 Å². The number of sulfonamides is 1. The summed E-state index contributed by atoms with van der Waals surface area (Å²) < 4.78 is 40.3. The van der Waals surface area contributed by atoms with Crippen LogP contribution >= 0.6 is 12.2 Å². The first-order valence-electron chi connectivity index (χ1n) is 6.20. The number of nitrogens with one attached hydrogen (secondary N) is 2. The van der Waals surface area contributed by atoms with Crippen LogP contribution in [0, 0.1) is 5.82 Å². The lowest BCUT2D eigenvalue weighted by atomic mass is 10.1. The molecule has 0 radical (unpaired) electrons. The van der Waals surface area contributed by atoms with E-state index in [1.165, 1.54) is 0 Å². The van der Waals surface area contributed by atoms with Crippen molar-refractivity contribution < 1.29 is 17.6 Å². The molecule has 114 valence electrons. The molecule has 2 rings (SSSR count). The van der Waals surface area contributed by atoms with Crippen LogP contribution in [0.4, 0.5) is 4.39 Å². The van der Waals surface area contributed by atoms with E-state index in [1.54, 1.807) is 0 Å². The molecule has 0 saturated carbocycles. The molecule has 1 saturated heterocycles. The number of nitrogens with two attached hydrogens (primary N) is 1. The Hall–Kier alpha value is -1.58. The Morgan fingerprint density at radius 3 is 2.81 bits per heavy atom. The summed E-state index contributed by atoms with van der Waals surface area (Å²) in [6, 6.07) is 2.30. The standard InChI is InChI=1S/C12H14FN3O3S2/c13-9-4-3-7(6-8(9)11(14)20)21(18,19)16-10-2-1-5-15-12(10)17/h3-4,6,10,16H,1-2,5H2,(H2,14,20)(H,15,17). The normalized spacial score (nSPS) is 19.1. The summed E-state index contributed by atoms with van der Waals surface area (Å²) in [5.74, 6) is -1.07. The average Bonchev–Trinajstić information content (AvgIpc) is 2.41. The Morgan fingerprint density at radius 1 is 1.48 bits per heavy atom. The summed E-state index contributed by atoms with van der Waals surface area (Å²) in [7, 11) is -3.96. The van der Waals surface area contributed by atoms with Gasteiger partial charge in [0.1, 0.15) is 16.8 Å². The molecule has 1 atom stereocenters. The SMILES string of the molecule is NC(=S)c1cc(S(=O)(=O)NC2CCCNC2=O)ccc1F. The predicted octanol–water partition coefficient (Wildman–Crippen LogP) is 0.0168. The quantitative estimate of drug-likeness (QED) is 0.675. The van der Waals surface area contributed by atoms with Crippen molar-refractivity contribution in [1.29, 1.82) is 0 Å². The second-order valence-electron chi connectivity index (χ2n) is 4.61. The highest BCUT2D eigenvalue weighted by Crippen LogP contribution is 2.16. The summed E-state index contributed by atoms with van der Waals surface area (Å²) in [5.41, 5.74) is 5.19. The van der Waals surface area contributed by atoms with Crippen LogP contribution in [-0.2, 0) is 14.8 Å². The van der Waals surface area contributed by atoms with E-state index in [0.717, 1.165) is 18.2 Å². The fraction of sp³-hybridized carbons (Fsp3) is 0.333. The summed E-state index contributed by atoms with van der Waals surface area (Å²) in [4.78, 5) is 11.2. The number of halogens is 1. The molecule has 1 aliphatic heterocycles. The zero-order chi connectivity index (χ0) is 15.6. The van der Waals surface area contributed by atoms with E-state index in [4.69, 9.17) is 5.73 Å². The van der Waals surface area contributed by atoms with Gasteiger partial charge < -0.3 is 11.1 Å². The fourth-order valence-corrected chi connectivity index (χ4v) is 3.41. The third-order valence-corrected chi connectivity index (χ3v) is 4.79. The molecule has 6 nitrogen and oxygen atoms in total. The largest absolute Gasteiger partial charge is 0.389 e. The predicted molar refractivity (Wildman–Crippen MR) is 78.6 cm³/mol. The molecule has 4 N–H and O–H groups in total. The van der Waals surface area contributed by atoms with E-state index >= 15 is 0 Å². The van der Waals surface area contributed by atoms with Crippen molar-refractivity contribution in [2.24, 2.45) is 5.73 Å². The zero-order valence-electron chi connectivity index (χ0n) is 10.9. The molecule has 1 fully saturated rings. The highest BCUT2D eigenvalue weighted by molar-refractivity contribution is 7.89. The van der Waals surface area contributed by atoms with E-state index in [2.05, 4.69) is 22.3 Å². The lowest BCUT2D eigenvalue weighted by Gasteiger charge is -2.22. The minimum absolute atomic E-state index is 0.152. The van der Waals surface area contributed by atoms with E-state index in [9.17, 15) is 17.6 Å². The number of hydrogen-bond donors (Lipinski definition) is 3. The summed E-state index contributed by atoms with van der Waals surface area (Å²) in [6.07, 6.45) is 1.09. The molecule has 1 aromatic rings. The van der Waals surface area contributed by atoms with Crippen LogP contribution in [0.25, 0.3) is 0 Å². The lowest BCUT2D eigenvalue weighted by Crippen LogP contribution is -2.50. The van der Waals surface area contributed by atoms with Crippen molar-refractivity contribution in [2.45, 2.75) is 23.8 Å². The van der Waals surface area contributed by atoms with E-state index in [1.807, 2.05) is 0 Å². The number of piperidine rings is 1. The molecule has 1 unspecified atom stereocenters. The van der Waals surface area contributed by atoms with Gasteiger partial charge in [-0.3, -0.25) is 4.79 Å². The molecule has 9 heteroatoms. The van der Waals surface area contributed by atoms with E-state index in [0.29, 0.717) is 19.4 Å². The van der Waals surface area contributed by atoms with Gasteiger partial charge in [0.15, 0.2) is 0 Å². The maximum atomic E-state index is 13.5. The first-order chi connectivity index (χ1) is 9.81. The van der Waals surface area contributed by atoms with Crippen LogP contribution in [0.3, 0.4) is 0 Å². The van der Waals surface area contributed by atoms with Crippen LogP contribution in [0.5, 0.6) is 0 Å². The summed E-state index contributed by atoms with van der Waals surface area (Å²) >= 11 is 4.67. The van der Waals surface area contributed by atoms with Crippen LogP contribution in [0.2, 0.25) is 0 Å². The maximum Gasteiger partial charge on any atom is 0.241 e. The first kappa shape index (κ1) is 15.8. The highest BCUT2D eigenvalue weighted by Gasteiger charge is 2.28. The highest BCUT2D eigenvalue weighted by atomic mass is 32.2. The molecule has 0 bridgehead atoms. The molecule has 1 heterocycles. The average molecular weight is 331 g/mol. The van der Waals surface area contributed by atoms with E-state index < -0.39 is 21.9 Å². The fourth-order valence-electron chi connectivity index (χ4n) is 2.00. The first-order valence-corrected chi connectivity index (χ1v) is 8.10. The Bertz CT molecular complexity index is 691. The third-order valence-electron chi connectivity index (χ3n) is 3.10. The maximum absolute atomic E-state index is 13.5. The Morgan fingerprint density at radius 2 is 2.19 bits per heavy atom. The van der Waals surface area contributed by atoms with Gasteiger partial charge in [0.25, 0.3) is 0 Å². The van der Waals surface area contributed by atoms with Gasteiger partial charge in [-0.05, 0) is 31.0 Å². The Balaban J connectivity index is 2.29. The van der Waals surface area contributed by atoms with Gasteiger partial charge in [-0.1, -0.05) is 12.2 Å². The minimum Gasteiger partial charge on any atom is -0.389 e. The minimum atomic E-state index is -3.96. The van der Waals surface area contributed by atoms with Crippen molar-refractivity contribution in [2.75, 3.05) is 6.54 Å². The van der Waals surface area contributed by atoms with Gasteiger partial charge in [0, 0.05) is 12.1 Å². The number of amides is 1. The zero-order valence-corrected chi connectivity index (χ0v) is 12.6. The molecule has 0 spiro atoms. The van der Waals surface area contributed by atoms with Gasteiger partial charge in [-0.2, -0.15) is 4.72 Å². The summed E-state index contributed by atoms with van der Waals surface area (Å²) in [5, 5.41) is 2.58. The summed E-state index contributed by atoms with van der Waals surface area (Å²) in [6.45, 7) is 0.527. The molecular weight excluding hydrogens is 317 g/mol. The number of thiocarbonyl (C=S) groups is 1. The molecule has 1 aliphatic rings.